The average molecular weight is 265 g/mol. The Balaban J connectivity index is 2.38. The van der Waals surface area contributed by atoms with Gasteiger partial charge in [0.25, 0.3) is 5.91 Å². The summed E-state index contributed by atoms with van der Waals surface area (Å²) in [5.74, 6) is -0.422. The fourth-order valence-electron chi connectivity index (χ4n) is 1.29. The number of hydrogen-bond donors (Lipinski definition) is 3. The van der Waals surface area contributed by atoms with Gasteiger partial charge in [0.1, 0.15) is 0 Å². The number of alkyl carbamates (subject to hydrolysis) is 1. The van der Waals surface area contributed by atoms with E-state index in [2.05, 4.69) is 10.6 Å². The molecule has 0 aliphatic rings. The lowest BCUT2D eigenvalue weighted by atomic mass is 10.1. The Bertz CT molecular complexity index is 466. The molecule has 1 aromatic carbocycles. The zero-order chi connectivity index (χ0) is 14.5. The van der Waals surface area contributed by atoms with Gasteiger partial charge in [0.2, 0.25) is 0 Å². The Morgan fingerprint density at radius 2 is 2.00 bits per heavy atom. The number of nitrogens with two attached hydrogens (primary N) is 1. The molecule has 0 aromatic heterocycles. The van der Waals surface area contributed by atoms with Crippen molar-refractivity contribution < 1.29 is 14.3 Å². The molecule has 0 unspecified atom stereocenters. The third-order valence-corrected chi connectivity index (χ3v) is 1.98. The number of rotatable bonds is 3. The van der Waals surface area contributed by atoms with Gasteiger partial charge in [-0.1, -0.05) is 6.07 Å². The van der Waals surface area contributed by atoms with Crippen LogP contribution in [-0.4, -0.2) is 24.1 Å². The van der Waals surface area contributed by atoms with Crippen molar-refractivity contribution in [1.29, 1.82) is 0 Å². The van der Waals surface area contributed by atoms with Gasteiger partial charge in [0, 0.05) is 16.9 Å². The second-order valence-corrected chi connectivity index (χ2v) is 5.12. The summed E-state index contributed by atoms with van der Waals surface area (Å²) < 4.78 is 4.79. The predicted molar refractivity (Wildman–Crippen MR) is 73.7 cm³/mol. The first-order chi connectivity index (χ1) is 8.76. The summed E-state index contributed by atoms with van der Waals surface area (Å²) in [7, 11) is 0. The maximum Gasteiger partial charge on any atom is 0.408 e. The molecule has 1 aromatic rings. The lowest BCUT2D eigenvalue weighted by Gasteiger charge is -2.19. The van der Waals surface area contributed by atoms with Crippen LogP contribution < -0.4 is 16.4 Å². The SMILES string of the molecule is CC(C)(C)NC(=O)OCC(=O)Nc1cccc(N)c1. The first-order valence-corrected chi connectivity index (χ1v) is 5.86. The Morgan fingerprint density at radius 3 is 2.58 bits per heavy atom. The summed E-state index contributed by atoms with van der Waals surface area (Å²) in [6, 6.07) is 6.75. The van der Waals surface area contributed by atoms with Gasteiger partial charge in [-0.05, 0) is 39.0 Å². The molecule has 2 amide bonds. The van der Waals surface area contributed by atoms with Crippen LogP contribution in [0.15, 0.2) is 24.3 Å². The summed E-state index contributed by atoms with van der Waals surface area (Å²) in [5, 5.41) is 5.16. The highest BCUT2D eigenvalue weighted by atomic mass is 16.6. The fourth-order valence-corrected chi connectivity index (χ4v) is 1.29. The number of amides is 2. The number of nitrogen functional groups attached to an aromatic ring is 1. The number of hydrogen-bond acceptors (Lipinski definition) is 4. The van der Waals surface area contributed by atoms with E-state index in [-0.39, 0.29) is 6.61 Å². The predicted octanol–water partition coefficient (Wildman–Crippen LogP) is 1.73. The summed E-state index contributed by atoms with van der Waals surface area (Å²) >= 11 is 0. The Hall–Kier alpha value is -2.24. The van der Waals surface area contributed by atoms with E-state index in [4.69, 9.17) is 10.5 Å². The van der Waals surface area contributed by atoms with Crippen LogP contribution >= 0.6 is 0 Å². The minimum absolute atomic E-state index is 0.350. The van der Waals surface area contributed by atoms with Crippen molar-refractivity contribution in [2.45, 2.75) is 26.3 Å². The first-order valence-electron chi connectivity index (χ1n) is 5.86. The maximum absolute atomic E-state index is 11.5. The molecule has 104 valence electrons. The quantitative estimate of drug-likeness (QED) is 0.725. The molecule has 0 saturated carbocycles. The van der Waals surface area contributed by atoms with Crippen LogP contribution in [0.5, 0.6) is 0 Å². The molecule has 1 rings (SSSR count). The monoisotopic (exact) mass is 265 g/mol. The van der Waals surface area contributed by atoms with E-state index in [0.717, 1.165) is 0 Å². The van der Waals surface area contributed by atoms with Crippen LogP contribution in [-0.2, 0) is 9.53 Å². The van der Waals surface area contributed by atoms with Crippen LogP contribution in [0.4, 0.5) is 16.2 Å². The number of carbonyl (C=O) groups excluding carboxylic acids is 2. The van der Waals surface area contributed by atoms with Gasteiger partial charge >= 0.3 is 6.09 Å². The molecule has 4 N–H and O–H groups in total. The Labute approximate surface area is 112 Å². The molecule has 0 aliphatic heterocycles. The van der Waals surface area contributed by atoms with Crippen molar-refractivity contribution in [3.8, 4) is 0 Å². The zero-order valence-electron chi connectivity index (χ0n) is 11.3. The molecule has 0 saturated heterocycles. The third-order valence-electron chi connectivity index (χ3n) is 1.98. The van der Waals surface area contributed by atoms with Crippen LogP contribution in [0.1, 0.15) is 20.8 Å². The summed E-state index contributed by atoms with van der Waals surface area (Å²) in [6.45, 7) is 5.11. The van der Waals surface area contributed by atoms with E-state index in [1.165, 1.54) is 0 Å². The lowest BCUT2D eigenvalue weighted by Crippen LogP contribution is -2.41. The smallest absolute Gasteiger partial charge is 0.408 e. The molecule has 0 heterocycles. The van der Waals surface area contributed by atoms with Gasteiger partial charge in [-0.15, -0.1) is 0 Å². The van der Waals surface area contributed by atoms with Crippen LogP contribution in [0, 0.1) is 0 Å². The zero-order valence-corrected chi connectivity index (χ0v) is 11.3. The number of carbonyl (C=O) groups is 2. The maximum atomic E-state index is 11.5. The van der Waals surface area contributed by atoms with Gasteiger partial charge < -0.3 is 21.1 Å². The molecule has 6 nitrogen and oxygen atoms in total. The molecule has 0 bridgehead atoms. The third kappa shape index (κ3) is 6.30. The molecule has 19 heavy (non-hydrogen) atoms. The van der Waals surface area contributed by atoms with Crippen molar-refractivity contribution >= 4 is 23.4 Å². The average Bonchev–Trinajstić information content (AvgIpc) is 2.24. The van der Waals surface area contributed by atoms with Crippen molar-refractivity contribution in [1.82, 2.24) is 5.32 Å². The minimum atomic E-state index is -0.629. The van der Waals surface area contributed by atoms with Crippen molar-refractivity contribution in [3.05, 3.63) is 24.3 Å². The van der Waals surface area contributed by atoms with Crippen LogP contribution in [0.3, 0.4) is 0 Å². The van der Waals surface area contributed by atoms with Gasteiger partial charge in [-0.3, -0.25) is 4.79 Å². The van der Waals surface area contributed by atoms with E-state index < -0.39 is 17.5 Å². The van der Waals surface area contributed by atoms with E-state index >= 15 is 0 Å². The largest absolute Gasteiger partial charge is 0.439 e. The van der Waals surface area contributed by atoms with E-state index in [9.17, 15) is 9.59 Å². The number of anilines is 2. The van der Waals surface area contributed by atoms with Gasteiger partial charge in [0.05, 0.1) is 0 Å². The van der Waals surface area contributed by atoms with E-state index in [0.29, 0.717) is 11.4 Å². The van der Waals surface area contributed by atoms with Gasteiger partial charge in [-0.2, -0.15) is 0 Å². The number of ether oxygens (including phenoxy) is 1. The van der Waals surface area contributed by atoms with Crippen LogP contribution in [0.2, 0.25) is 0 Å². The fraction of sp³-hybridized carbons (Fsp3) is 0.385. The van der Waals surface area contributed by atoms with Gasteiger partial charge in [0.15, 0.2) is 6.61 Å². The molecule has 0 atom stereocenters. The molecule has 6 heteroatoms. The second-order valence-electron chi connectivity index (χ2n) is 5.12. The lowest BCUT2D eigenvalue weighted by molar-refractivity contribution is -0.119. The van der Waals surface area contributed by atoms with E-state index in [1.807, 2.05) is 20.8 Å². The Morgan fingerprint density at radius 1 is 1.32 bits per heavy atom. The topological polar surface area (TPSA) is 93.4 Å². The standard InChI is InChI=1S/C13H19N3O3/c1-13(2,3)16-12(18)19-8-11(17)15-10-6-4-5-9(14)7-10/h4-7H,8,14H2,1-3H3,(H,15,17)(H,16,18). The van der Waals surface area contributed by atoms with Crippen molar-refractivity contribution in [3.63, 3.8) is 0 Å². The molecular weight excluding hydrogens is 246 g/mol. The minimum Gasteiger partial charge on any atom is -0.439 e. The number of nitrogens with one attached hydrogen (secondary N) is 2. The molecule has 0 spiro atoms. The van der Waals surface area contributed by atoms with Crippen molar-refractivity contribution in [2.75, 3.05) is 17.7 Å². The number of benzene rings is 1. The summed E-state index contributed by atoms with van der Waals surface area (Å²) in [5.41, 5.74) is 6.28. The Kier molecular flexibility index (Phi) is 4.74. The highest BCUT2D eigenvalue weighted by molar-refractivity contribution is 5.93. The second kappa shape index (κ2) is 6.08. The highest BCUT2D eigenvalue weighted by Crippen LogP contribution is 2.11. The van der Waals surface area contributed by atoms with Crippen molar-refractivity contribution in [2.24, 2.45) is 0 Å². The van der Waals surface area contributed by atoms with Crippen LogP contribution in [0.25, 0.3) is 0 Å². The normalized spacial score (nSPS) is 10.7. The molecule has 0 aliphatic carbocycles. The van der Waals surface area contributed by atoms with Gasteiger partial charge in [-0.25, -0.2) is 4.79 Å². The highest BCUT2D eigenvalue weighted by Gasteiger charge is 2.15. The molecule has 0 radical (unpaired) electrons. The molecular formula is C13H19N3O3. The summed E-state index contributed by atoms with van der Waals surface area (Å²) in [6.07, 6.45) is -0.629. The van der Waals surface area contributed by atoms with E-state index in [1.54, 1.807) is 24.3 Å². The molecule has 0 fully saturated rings. The first kappa shape index (κ1) is 14.8. The summed E-state index contributed by atoms with van der Waals surface area (Å²) in [4.78, 5) is 22.9.